The first-order valence-corrected chi connectivity index (χ1v) is 4.94. The van der Waals surface area contributed by atoms with Crippen LogP contribution in [-0.4, -0.2) is 0 Å². The van der Waals surface area contributed by atoms with Crippen LogP contribution < -0.4 is 0 Å². The maximum Gasteiger partial charge on any atom is -0.0321 e. The number of allylic oxidation sites excluding steroid dienone is 2. The van der Waals surface area contributed by atoms with Crippen LogP contribution in [0.5, 0.6) is 0 Å². The van der Waals surface area contributed by atoms with Crippen LogP contribution in [0.15, 0.2) is 11.6 Å². The summed E-state index contributed by atoms with van der Waals surface area (Å²) in [5.74, 6) is 1.06. The van der Waals surface area contributed by atoms with Crippen molar-refractivity contribution in [3.63, 3.8) is 0 Å². The normalized spacial score (nSPS) is 21.1. The van der Waals surface area contributed by atoms with Gasteiger partial charge in [0.15, 0.2) is 0 Å². The molecule has 0 atom stereocenters. The lowest BCUT2D eigenvalue weighted by atomic mass is 9.99. The Hall–Kier alpha value is -0.260. The van der Waals surface area contributed by atoms with Crippen molar-refractivity contribution in [2.45, 2.75) is 52.4 Å². The molecule has 0 radical (unpaired) electrons. The standard InChI is InChI=1S/C11H20/c1-3-10(2)8-9-11-6-4-5-7-11/h3,11H,4-9H2,1-2H3/b10-3-. The first-order valence-electron chi connectivity index (χ1n) is 4.94. The average Bonchev–Trinajstić information content (AvgIpc) is 2.52. The van der Waals surface area contributed by atoms with Crippen LogP contribution in [0.2, 0.25) is 0 Å². The third-order valence-electron chi connectivity index (χ3n) is 2.91. The molecule has 0 bridgehead atoms. The van der Waals surface area contributed by atoms with Crippen molar-refractivity contribution >= 4 is 0 Å². The van der Waals surface area contributed by atoms with Crippen molar-refractivity contribution in [3.05, 3.63) is 11.6 Å². The summed E-state index contributed by atoms with van der Waals surface area (Å²) in [6, 6.07) is 0. The minimum atomic E-state index is 1.06. The minimum Gasteiger partial charge on any atom is -0.0887 e. The first-order chi connectivity index (χ1) is 5.33. The topological polar surface area (TPSA) is 0 Å². The summed E-state index contributed by atoms with van der Waals surface area (Å²) in [4.78, 5) is 0. The SMILES string of the molecule is C/C=C(/C)CCC1CCCC1. The number of rotatable bonds is 3. The molecule has 64 valence electrons. The van der Waals surface area contributed by atoms with E-state index in [-0.39, 0.29) is 0 Å². The fourth-order valence-electron chi connectivity index (χ4n) is 1.88. The van der Waals surface area contributed by atoms with Crippen molar-refractivity contribution in [3.8, 4) is 0 Å². The zero-order valence-electron chi connectivity index (χ0n) is 7.90. The summed E-state index contributed by atoms with van der Waals surface area (Å²) >= 11 is 0. The van der Waals surface area contributed by atoms with Crippen molar-refractivity contribution < 1.29 is 0 Å². The van der Waals surface area contributed by atoms with Gasteiger partial charge in [-0.2, -0.15) is 0 Å². The summed E-state index contributed by atoms with van der Waals surface area (Å²) < 4.78 is 0. The molecule has 0 aliphatic heterocycles. The van der Waals surface area contributed by atoms with Crippen LogP contribution in [-0.2, 0) is 0 Å². The van der Waals surface area contributed by atoms with Crippen molar-refractivity contribution in [2.75, 3.05) is 0 Å². The van der Waals surface area contributed by atoms with Crippen molar-refractivity contribution in [1.29, 1.82) is 0 Å². The molecular weight excluding hydrogens is 132 g/mol. The highest BCUT2D eigenvalue weighted by atomic mass is 14.2. The second kappa shape index (κ2) is 4.58. The summed E-state index contributed by atoms with van der Waals surface area (Å²) in [6.07, 6.45) is 11.0. The molecule has 1 aliphatic rings. The van der Waals surface area contributed by atoms with Gasteiger partial charge >= 0.3 is 0 Å². The predicted molar refractivity (Wildman–Crippen MR) is 50.6 cm³/mol. The smallest absolute Gasteiger partial charge is 0.0321 e. The van der Waals surface area contributed by atoms with Gasteiger partial charge < -0.3 is 0 Å². The van der Waals surface area contributed by atoms with Gasteiger partial charge in [-0.1, -0.05) is 37.3 Å². The molecular formula is C11H20. The van der Waals surface area contributed by atoms with E-state index in [9.17, 15) is 0 Å². The van der Waals surface area contributed by atoms with Gasteiger partial charge in [0, 0.05) is 0 Å². The highest BCUT2D eigenvalue weighted by molar-refractivity contribution is 4.95. The zero-order valence-corrected chi connectivity index (χ0v) is 7.90. The molecule has 0 saturated heterocycles. The monoisotopic (exact) mass is 152 g/mol. The quantitative estimate of drug-likeness (QED) is 0.538. The molecule has 11 heavy (non-hydrogen) atoms. The third kappa shape index (κ3) is 3.09. The lowest BCUT2D eigenvalue weighted by Gasteiger charge is -2.07. The van der Waals surface area contributed by atoms with E-state index in [1.165, 1.54) is 38.5 Å². The summed E-state index contributed by atoms with van der Waals surface area (Å²) in [6.45, 7) is 4.39. The third-order valence-corrected chi connectivity index (χ3v) is 2.91. The average molecular weight is 152 g/mol. The fraction of sp³-hybridized carbons (Fsp3) is 0.818. The fourth-order valence-corrected chi connectivity index (χ4v) is 1.88. The molecule has 1 saturated carbocycles. The van der Waals surface area contributed by atoms with E-state index in [4.69, 9.17) is 0 Å². The van der Waals surface area contributed by atoms with Gasteiger partial charge in [-0.15, -0.1) is 0 Å². The molecule has 0 amide bonds. The van der Waals surface area contributed by atoms with Gasteiger partial charge in [0.2, 0.25) is 0 Å². The highest BCUT2D eigenvalue weighted by Crippen LogP contribution is 2.29. The molecule has 1 fully saturated rings. The van der Waals surface area contributed by atoms with Crippen LogP contribution in [0.1, 0.15) is 52.4 Å². The van der Waals surface area contributed by atoms with Gasteiger partial charge in [0.05, 0.1) is 0 Å². The van der Waals surface area contributed by atoms with Gasteiger partial charge in [0.25, 0.3) is 0 Å². The minimum absolute atomic E-state index is 1.06. The maximum atomic E-state index is 2.24. The van der Waals surface area contributed by atoms with Gasteiger partial charge in [-0.05, 0) is 32.6 Å². The Labute approximate surface area is 70.7 Å². The van der Waals surface area contributed by atoms with E-state index >= 15 is 0 Å². The van der Waals surface area contributed by atoms with E-state index in [1.807, 2.05) is 0 Å². The zero-order chi connectivity index (χ0) is 8.10. The molecule has 0 aromatic rings. The Bertz CT molecular complexity index is 127. The van der Waals surface area contributed by atoms with Gasteiger partial charge in [-0.25, -0.2) is 0 Å². The van der Waals surface area contributed by atoms with Crippen LogP contribution in [0.25, 0.3) is 0 Å². The molecule has 0 heterocycles. The van der Waals surface area contributed by atoms with E-state index in [0.29, 0.717) is 0 Å². The molecule has 1 aliphatic carbocycles. The summed E-state index contributed by atoms with van der Waals surface area (Å²) in [5.41, 5.74) is 1.57. The summed E-state index contributed by atoms with van der Waals surface area (Å²) in [5, 5.41) is 0. The maximum absolute atomic E-state index is 2.24. The van der Waals surface area contributed by atoms with Crippen LogP contribution >= 0.6 is 0 Å². The van der Waals surface area contributed by atoms with Crippen LogP contribution in [0, 0.1) is 5.92 Å². The Balaban J connectivity index is 2.11. The molecule has 0 aromatic heterocycles. The second-order valence-corrected chi connectivity index (χ2v) is 3.82. The van der Waals surface area contributed by atoms with Gasteiger partial charge in [-0.3, -0.25) is 0 Å². The molecule has 0 unspecified atom stereocenters. The lowest BCUT2D eigenvalue weighted by molar-refractivity contribution is 0.502. The van der Waals surface area contributed by atoms with Crippen LogP contribution in [0.3, 0.4) is 0 Å². The van der Waals surface area contributed by atoms with E-state index < -0.39 is 0 Å². The van der Waals surface area contributed by atoms with Crippen molar-refractivity contribution in [1.82, 2.24) is 0 Å². The Morgan fingerprint density at radius 2 is 2.00 bits per heavy atom. The molecule has 0 heteroatoms. The summed E-state index contributed by atoms with van der Waals surface area (Å²) in [7, 11) is 0. The Kier molecular flexibility index (Phi) is 3.68. The van der Waals surface area contributed by atoms with E-state index in [2.05, 4.69) is 19.9 Å². The Morgan fingerprint density at radius 1 is 1.36 bits per heavy atom. The molecule has 0 spiro atoms. The number of hydrogen-bond acceptors (Lipinski definition) is 0. The number of hydrogen-bond donors (Lipinski definition) is 0. The van der Waals surface area contributed by atoms with E-state index in [0.717, 1.165) is 5.92 Å². The van der Waals surface area contributed by atoms with Crippen LogP contribution in [0.4, 0.5) is 0 Å². The van der Waals surface area contributed by atoms with Crippen molar-refractivity contribution in [2.24, 2.45) is 5.92 Å². The lowest BCUT2D eigenvalue weighted by Crippen LogP contribution is -1.92. The first kappa shape index (κ1) is 8.83. The Morgan fingerprint density at radius 3 is 2.55 bits per heavy atom. The second-order valence-electron chi connectivity index (χ2n) is 3.82. The van der Waals surface area contributed by atoms with Gasteiger partial charge in [0.1, 0.15) is 0 Å². The predicted octanol–water partition coefficient (Wildman–Crippen LogP) is 3.92. The largest absolute Gasteiger partial charge is 0.0887 e. The molecule has 0 N–H and O–H groups in total. The highest BCUT2D eigenvalue weighted by Gasteiger charge is 2.13. The van der Waals surface area contributed by atoms with E-state index in [1.54, 1.807) is 5.57 Å². The molecule has 0 nitrogen and oxygen atoms in total. The molecule has 0 aromatic carbocycles. The molecule has 1 rings (SSSR count).